The van der Waals surface area contributed by atoms with Crippen LogP contribution in [-0.2, 0) is 5.41 Å². The topological polar surface area (TPSA) is 0 Å². The van der Waals surface area contributed by atoms with E-state index in [4.69, 9.17) is 0 Å². The predicted octanol–water partition coefficient (Wildman–Crippen LogP) is 8.62. The van der Waals surface area contributed by atoms with Crippen LogP contribution in [0.1, 0.15) is 26.3 Å². The Balaban J connectivity index is 1.92. The van der Waals surface area contributed by atoms with E-state index < -0.39 is 0 Å². The number of benzene rings is 5. The second-order valence-corrected chi connectivity index (χ2v) is 9.03. The van der Waals surface area contributed by atoms with Crippen LogP contribution in [0.15, 0.2) is 103 Å². The molecule has 0 amide bonds. The molecule has 5 aromatic rings. The molecule has 0 unspecified atom stereocenters. The van der Waals surface area contributed by atoms with Crippen molar-refractivity contribution < 1.29 is 0 Å². The van der Waals surface area contributed by atoms with Crippen molar-refractivity contribution in [3.63, 3.8) is 0 Å². The molecule has 30 heavy (non-hydrogen) atoms. The van der Waals surface area contributed by atoms with Gasteiger partial charge in [-0.05, 0) is 54.8 Å². The maximum Gasteiger partial charge on any atom is -0.00203 e. The van der Waals surface area contributed by atoms with Crippen molar-refractivity contribution in [2.45, 2.75) is 26.2 Å². The van der Waals surface area contributed by atoms with Crippen LogP contribution in [0.5, 0.6) is 0 Å². The molecular formula is C30H26. The molecular weight excluding hydrogens is 360 g/mol. The molecule has 0 fully saturated rings. The normalized spacial score (nSPS) is 11.8. The second-order valence-electron chi connectivity index (χ2n) is 9.03. The fourth-order valence-corrected chi connectivity index (χ4v) is 4.48. The summed E-state index contributed by atoms with van der Waals surface area (Å²) in [7, 11) is 0. The van der Waals surface area contributed by atoms with Gasteiger partial charge in [-0.2, -0.15) is 0 Å². The van der Waals surface area contributed by atoms with Gasteiger partial charge in [0.25, 0.3) is 0 Å². The largest absolute Gasteiger partial charge is 0.0622 e. The van der Waals surface area contributed by atoms with Crippen LogP contribution in [0.3, 0.4) is 0 Å². The van der Waals surface area contributed by atoms with Crippen LogP contribution in [0.4, 0.5) is 0 Å². The molecule has 0 aromatic heterocycles. The summed E-state index contributed by atoms with van der Waals surface area (Å²) in [6.07, 6.45) is 0. The average Bonchev–Trinajstić information content (AvgIpc) is 2.78. The number of rotatable bonds is 2. The highest BCUT2D eigenvalue weighted by molar-refractivity contribution is 6.21. The molecule has 0 atom stereocenters. The zero-order valence-electron chi connectivity index (χ0n) is 17.8. The van der Waals surface area contributed by atoms with E-state index in [9.17, 15) is 0 Å². The molecule has 0 aliphatic heterocycles. The van der Waals surface area contributed by atoms with Gasteiger partial charge < -0.3 is 0 Å². The maximum absolute atomic E-state index is 2.30. The summed E-state index contributed by atoms with van der Waals surface area (Å²) < 4.78 is 0. The zero-order chi connectivity index (χ0) is 20.7. The molecule has 0 spiro atoms. The zero-order valence-corrected chi connectivity index (χ0v) is 17.8. The molecule has 0 bridgehead atoms. The Morgan fingerprint density at radius 1 is 0.400 bits per heavy atom. The Kier molecular flexibility index (Phi) is 4.44. The fourth-order valence-electron chi connectivity index (χ4n) is 4.48. The molecule has 0 heteroatoms. The maximum atomic E-state index is 2.30. The minimum Gasteiger partial charge on any atom is -0.0622 e. The molecule has 5 aromatic carbocycles. The molecule has 0 saturated carbocycles. The average molecular weight is 387 g/mol. The van der Waals surface area contributed by atoms with Crippen LogP contribution >= 0.6 is 0 Å². The van der Waals surface area contributed by atoms with Crippen LogP contribution < -0.4 is 0 Å². The van der Waals surface area contributed by atoms with E-state index in [0.29, 0.717) is 0 Å². The minimum absolute atomic E-state index is 0.145. The van der Waals surface area contributed by atoms with E-state index in [1.54, 1.807) is 0 Å². The van der Waals surface area contributed by atoms with E-state index in [2.05, 4.69) is 124 Å². The van der Waals surface area contributed by atoms with Crippen molar-refractivity contribution in [3.8, 4) is 22.3 Å². The van der Waals surface area contributed by atoms with Gasteiger partial charge in [0.1, 0.15) is 0 Å². The Morgan fingerprint density at radius 2 is 0.800 bits per heavy atom. The molecule has 0 N–H and O–H groups in total. The highest BCUT2D eigenvalue weighted by atomic mass is 14.2. The van der Waals surface area contributed by atoms with Gasteiger partial charge in [-0.25, -0.2) is 0 Å². The SMILES string of the molecule is CC(C)(C)c1ccc(-c2c(-c3ccccc3)c3ccccc3c3ccccc23)cc1. The number of hydrogen-bond donors (Lipinski definition) is 0. The lowest BCUT2D eigenvalue weighted by Gasteiger charge is -2.21. The van der Waals surface area contributed by atoms with E-state index >= 15 is 0 Å². The monoisotopic (exact) mass is 386 g/mol. The van der Waals surface area contributed by atoms with E-state index in [1.165, 1.54) is 49.4 Å². The molecule has 0 radical (unpaired) electrons. The van der Waals surface area contributed by atoms with E-state index in [-0.39, 0.29) is 5.41 Å². The third-order valence-corrected chi connectivity index (χ3v) is 6.04. The van der Waals surface area contributed by atoms with Crippen molar-refractivity contribution >= 4 is 21.5 Å². The summed E-state index contributed by atoms with van der Waals surface area (Å²) in [6.45, 7) is 6.80. The van der Waals surface area contributed by atoms with Crippen molar-refractivity contribution in [2.24, 2.45) is 0 Å². The molecule has 0 saturated heterocycles. The lowest BCUT2D eigenvalue weighted by atomic mass is 9.83. The Bertz CT molecular complexity index is 1330. The minimum atomic E-state index is 0.145. The first-order valence-corrected chi connectivity index (χ1v) is 10.6. The number of hydrogen-bond acceptors (Lipinski definition) is 0. The smallest absolute Gasteiger partial charge is 0.00203 e. The highest BCUT2D eigenvalue weighted by Crippen LogP contribution is 2.44. The molecule has 5 rings (SSSR count). The lowest BCUT2D eigenvalue weighted by molar-refractivity contribution is 0.590. The third kappa shape index (κ3) is 3.09. The standard InChI is InChI=1S/C30H26/c1-30(2,3)23-19-17-22(18-20-23)29-27-16-10-8-14-25(27)24-13-7-9-15-26(24)28(29)21-11-5-4-6-12-21/h4-20H,1-3H3. The van der Waals surface area contributed by atoms with Gasteiger partial charge >= 0.3 is 0 Å². The van der Waals surface area contributed by atoms with Gasteiger partial charge in [0.15, 0.2) is 0 Å². The van der Waals surface area contributed by atoms with Crippen LogP contribution in [-0.4, -0.2) is 0 Å². The van der Waals surface area contributed by atoms with Crippen LogP contribution in [0.25, 0.3) is 43.8 Å². The van der Waals surface area contributed by atoms with Gasteiger partial charge in [0, 0.05) is 0 Å². The van der Waals surface area contributed by atoms with E-state index in [1.807, 2.05) is 0 Å². The van der Waals surface area contributed by atoms with E-state index in [0.717, 1.165) is 0 Å². The summed E-state index contributed by atoms with van der Waals surface area (Å²) in [5, 5.41) is 5.22. The van der Waals surface area contributed by atoms with Crippen molar-refractivity contribution in [3.05, 3.63) is 109 Å². The quantitative estimate of drug-likeness (QED) is 0.266. The Labute approximate surface area is 178 Å². The predicted molar refractivity (Wildman–Crippen MR) is 131 cm³/mol. The van der Waals surface area contributed by atoms with Gasteiger partial charge in [0.2, 0.25) is 0 Å². The van der Waals surface area contributed by atoms with Gasteiger partial charge in [-0.3, -0.25) is 0 Å². The lowest BCUT2D eigenvalue weighted by Crippen LogP contribution is -2.10. The van der Waals surface area contributed by atoms with Gasteiger partial charge in [-0.15, -0.1) is 0 Å². The first kappa shape index (κ1) is 18.6. The van der Waals surface area contributed by atoms with Crippen molar-refractivity contribution in [2.75, 3.05) is 0 Å². The summed E-state index contributed by atoms with van der Waals surface area (Å²) in [5.41, 5.74) is 6.66. The molecule has 0 heterocycles. The molecule has 0 aliphatic carbocycles. The van der Waals surface area contributed by atoms with Crippen LogP contribution in [0.2, 0.25) is 0 Å². The molecule has 0 nitrogen and oxygen atoms in total. The first-order valence-electron chi connectivity index (χ1n) is 10.6. The number of fused-ring (bicyclic) bond motifs is 3. The molecule has 146 valence electrons. The highest BCUT2D eigenvalue weighted by Gasteiger charge is 2.18. The summed E-state index contributed by atoms with van der Waals surface area (Å²) in [6, 6.07) is 37.6. The van der Waals surface area contributed by atoms with Gasteiger partial charge in [-0.1, -0.05) is 124 Å². The van der Waals surface area contributed by atoms with Crippen molar-refractivity contribution in [1.82, 2.24) is 0 Å². The fraction of sp³-hybridized carbons (Fsp3) is 0.133. The second kappa shape index (κ2) is 7.15. The Hall–Kier alpha value is -3.38. The first-order chi connectivity index (χ1) is 14.5. The molecule has 0 aliphatic rings. The summed E-state index contributed by atoms with van der Waals surface area (Å²) >= 11 is 0. The van der Waals surface area contributed by atoms with Crippen LogP contribution in [0, 0.1) is 0 Å². The summed E-state index contributed by atoms with van der Waals surface area (Å²) in [4.78, 5) is 0. The summed E-state index contributed by atoms with van der Waals surface area (Å²) in [5.74, 6) is 0. The van der Waals surface area contributed by atoms with Crippen molar-refractivity contribution in [1.29, 1.82) is 0 Å². The van der Waals surface area contributed by atoms with Gasteiger partial charge in [0.05, 0.1) is 0 Å². The third-order valence-electron chi connectivity index (χ3n) is 6.04. The Morgan fingerprint density at radius 3 is 1.27 bits per heavy atom.